The van der Waals surface area contributed by atoms with Crippen molar-refractivity contribution in [3.63, 3.8) is 0 Å². The van der Waals surface area contributed by atoms with E-state index in [2.05, 4.69) is 10.1 Å². The van der Waals surface area contributed by atoms with E-state index in [1.54, 1.807) is 0 Å². The van der Waals surface area contributed by atoms with Crippen LogP contribution in [0.15, 0.2) is 11.1 Å². The van der Waals surface area contributed by atoms with E-state index < -0.39 is 15.7 Å². The zero-order valence-corrected chi connectivity index (χ0v) is 14.9. The number of hydrogen-bond donors (Lipinski definition) is 1. The second-order valence-electron chi connectivity index (χ2n) is 4.81. The van der Waals surface area contributed by atoms with Gasteiger partial charge in [-0.25, -0.2) is 17.8 Å². The second-order valence-corrected chi connectivity index (χ2v) is 8.56. The van der Waals surface area contributed by atoms with Gasteiger partial charge in [-0.15, -0.1) is 0 Å². The van der Waals surface area contributed by atoms with Gasteiger partial charge in [-0.05, 0) is 6.07 Å². The summed E-state index contributed by atoms with van der Waals surface area (Å²) in [5.41, 5.74) is 6.00. The van der Waals surface area contributed by atoms with Gasteiger partial charge in [-0.3, -0.25) is 4.68 Å². The Balaban J connectivity index is 2.43. The lowest BCUT2D eigenvalue weighted by atomic mass is 10.1. The summed E-state index contributed by atoms with van der Waals surface area (Å²) in [7, 11) is -2.22. The largest absolute Gasteiger partial charge is 0.375 e. The Hall–Kier alpha value is -1.42. The van der Waals surface area contributed by atoms with Crippen molar-refractivity contribution in [2.75, 3.05) is 12.0 Å². The lowest BCUT2D eigenvalue weighted by Crippen LogP contribution is -2.05. The monoisotopic (exact) mass is 394 g/mol. The molecule has 1 aromatic carbocycles. The molecule has 122 valence electrons. The van der Waals surface area contributed by atoms with Crippen LogP contribution in [0, 0.1) is 5.82 Å². The van der Waals surface area contributed by atoms with Crippen LogP contribution in [0.5, 0.6) is 0 Å². The molecule has 0 aliphatic rings. The third kappa shape index (κ3) is 2.57. The number of fused-ring (bicyclic) bond motifs is 1. The Labute approximate surface area is 144 Å². The van der Waals surface area contributed by atoms with Crippen LogP contribution in [0.3, 0.4) is 0 Å². The second kappa shape index (κ2) is 5.30. The number of halogens is 3. The van der Waals surface area contributed by atoms with Gasteiger partial charge in [0.05, 0.1) is 15.3 Å². The smallest absolute Gasteiger partial charge is 0.193 e. The Morgan fingerprint density at radius 2 is 2.04 bits per heavy atom. The first kappa shape index (κ1) is 16.4. The predicted octanol–water partition coefficient (Wildman–Crippen LogP) is 3.13. The summed E-state index contributed by atoms with van der Waals surface area (Å²) in [5, 5.41) is 3.99. The molecule has 0 saturated carbocycles. The molecule has 0 aliphatic heterocycles. The van der Waals surface area contributed by atoms with Gasteiger partial charge in [0.1, 0.15) is 22.1 Å². The Bertz CT molecular complexity index is 1060. The number of sulfone groups is 1. The van der Waals surface area contributed by atoms with Crippen LogP contribution in [0.1, 0.15) is 0 Å². The Kier molecular flexibility index (Phi) is 3.79. The number of nitrogen functional groups attached to an aromatic ring is 1. The number of aryl methyl sites for hydroxylation is 1. The quantitative estimate of drug-likeness (QED) is 0.720. The molecule has 0 spiro atoms. The maximum absolute atomic E-state index is 14.5. The summed E-state index contributed by atoms with van der Waals surface area (Å²) in [5.74, 6) is -0.689. The number of thiazole rings is 1. The van der Waals surface area contributed by atoms with Gasteiger partial charge in [0, 0.05) is 13.3 Å². The van der Waals surface area contributed by atoms with Crippen molar-refractivity contribution >= 4 is 59.7 Å². The lowest BCUT2D eigenvalue weighted by molar-refractivity contribution is 0.583. The van der Waals surface area contributed by atoms with Gasteiger partial charge >= 0.3 is 0 Å². The Morgan fingerprint density at radius 3 is 2.61 bits per heavy atom. The molecule has 0 aliphatic carbocycles. The van der Waals surface area contributed by atoms with Gasteiger partial charge in [0.15, 0.2) is 20.0 Å². The number of anilines is 1. The van der Waals surface area contributed by atoms with Crippen LogP contribution < -0.4 is 5.73 Å². The van der Waals surface area contributed by atoms with E-state index in [9.17, 15) is 12.8 Å². The molecule has 2 N–H and O–H groups in total. The van der Waals surface area contributed by atoms with Crippen molar-refractivity contribution in [3.8, 4) is 11.3 Å². The highest BCUT2D eigenvalue weighted by Crippen LogP contribution is 2.42. The highest BCUT2D eigenvalue weighted by molar-refractivity contribution is 7.90. The van der Waals surface area contributed by atoms with E-state index in [0.717, 1.165) is 28.3 Å². The summed E-state index contributed by atoms with van der Waals surface area (Å²) < 4.78 is 39.6. The van der Waals surface area contributed by atoms with E-state index in [1.807, 2.05) is 0 Å². The summed E-state index contributed by atoms with van der Waals surface area (Å²) in [6.07, 6.45) is 0.998. The number of nitrogens with zero attached hydrogens (tertiary/aromatic N) is 3. The van der Waals surface area contributed by atoms with Crippen LogP contribution in [-0.2, 0) is 16.9 Å². The number of rotatable bonds is 2. The summed E-state index contributed by atoms with van der Waals surface area (Å²) in [6, 6.07) is 1.07. The predicted molar refractivity (Wildman–Crippen MR) is 89.3 cm³/mol. The van der Waals surface area contributed by atoms with Gasteiger partial charge in [-0.1, -0.05) is 34.5 Å². The zero-order valence-electron chi connectivity index (χ0n) is 11.8. The standard InChI is InChI=1S/C12H9Cl2FN4O2S2/c1-19-11(23(2,20)21)7(14)9(18-19)6-5(15)3-4(13)8-10(6)22-12(16)17-8/h3H,1-2H3,(H2,16,17). The molecule has 0 bridgehead atoms. The molecule has 0 unspecified atom stereocenters. The highest BCUT2D eigenvalue weighted by Gasteiger charge is 2.27. The fourth-order valence-corrected chi connectivity index (χ4v) is 5.10. The number of benzene rings is 1. The molecular formula is C12H9Cl2FN4O2S2. The highest BCUT2D eigenvalue weighted by atomic mass is 35.5. The van der Waals surface area contributed by atoms with Crippen molar-refractivity contribution in [2.24, 2.45) is 7.05 Å². The molecule has 3 aromatic rings. The van der Waals surface area contributed by atoms with Gasteiger partial charge in [0.25, 0.3) is 0 Å². The normalized spacial score (nSPS) is 12.2. The summed E-state index contributed by atoms with van der Waals surface area (Å²) in [4.78, 5) is 4.05. The van der Waals surface area contributed by atoms with Crippen LogP contribution in [0.2, 0.25) is 10.0 Å². The molecule has 6 nitrogen and oxygen atoms in total. The molecule has 0 atom stereocenters. The van der Waals surface area contributed by atoms with Crippen molar-refractivity contribution in [2.45, 2.75) is 5.03 Å². The maximum Gasteiger partial charge on any atom is 0.193 e. The molecule has 3 rings (SSSR count). The fraction of sp³-hybridized carbons (Fsp3) is 0.167. The third-order valence-corrected chi connectivity index (χ3v) is 5.95. The minimum atomic E-state index is -3.64. The summed E-state index contributed by atoms with van der Waals surface area (Å²) in [6.45, 7) is 0. The van der Waals surface area contributed by atoms with E-state index in [4.69, 9.17) is 28.9 Å². The molecule has 0 amide bonds. The average molecular weight is 395 g/mol. The first-order valence-electron chi connectivity index (χ1n) is 6.08. The third-order valence-electron chi connectivity index (χ3n) is 3.12. The van der Waals surface area contributed by atoms with Crippen molar-refractivity contribution in [3.05, 3.63) is 21.9 Å². The van der Waals surface area contributed by atoms with Gasteiger partial charge < -0.3 is 5.73 Å². The summed E-state index contributed by atoms with van der Waals surface area (Å²) >= 11 is 13.2. The van der Waals surface area contributed by atoms with E-state index >= 15 is 0 Å². The van der Waals surface area contributed by atoms with Crippen LogP contribution >= 0.6 is 34.5 Å². The number of hydrogen-bond acceptors (Lipinski definition) is 6. The molecule has 0 radical (unpaired) electrons. The fourth-order valence-electron chi connectivity index (χ4n) is 2.29. The maximum atomic E-state index is 14.5. The van der Waals surface area contributed by atoms with Crippen LogP contribution in [0.25, 0.3) is 21.5 Å². The van der Waals surface area contributed by atoms with Crippen molar-refractivity contribution in [1.82, 2.24) is 14.8 Å². The van der Waals surface area contributed by atoms with E-state index in [1.165, 1.54) is 7.05 Å². The van der Waals surface area contributed by atoms with E-state index in [-0.39, 0.29) is 31.5 Å². The Morgan fingerprint density at radius 1 is 1.39 bits per heavy atom. The van der Waals surface area contributed by atoms with E-state index in [0.29, 0.717) is 10.2 Å². The molecule has 23 heavy (non-hydrogen) atoms. The van der Waals surface area contributed by atoms with Gasteiger partial charge in [0.2, 0.25) is 0 Å². The SMILES string of the molecule is Cn1nc(-c2c(F)cc(Cl)c3nc(N)sc23)c(Cl)c1S(C)(=O)=O. The molecule has 2 aromatic heterocycles. The van der Waals surface area contributed by atoms with Crippen LogP contribution in [0.4, 0.5) is 9.52 Å². The first-order chi connectivity index (χ1) is 10.6. The minimum Gasteiger partial charge on any atom is -0.375 e. The van der Waals surface area contributed by atoms with Crippen LogP contribution in [-0.4, -0.2) is 29.4 Å². The molecule has 11 heteroatoms. The minimum absolute atomic E-state index is 0.00240. The molecule has 0 saturated heterocycles. The lowest BCUT2D eigenvalue weighted by Gasteiger charge is -2.03. The molecule has 2 heterocycles. The number of nitrogens with two attached hydrogens (primary N) is 1. The van der Waals surface area contributed by atoms with Gasteiger partial charge in [-0.2, -0.15) is 5.10 Å². The van der Waals surface area contributed by atoms with Crippen molar-refractivity contribution < 1.29 is 12.8 Å². The molecule has 0 fully saturated rings. The topological polar surface area (TPSA) is 90.9 Å². The van der Waals surface area contributed by atoms with Crippen molar-refractivity contribution in [1.29, 1.82) is 0 Å². The molecular weight excluding hydrogens is 386 g/mol. The zero-order chi connectivity index (χ0) is 17.1. The number of aromatic nitrogens is 3. The average Bonchev–Trinajstić information content (AvgIpc) is 2.90. The first-order valence-corrected chi connectivity index (χ1v) is 9.54.